The van der Waals surface area contributed by atoms with E-state index in [0.29, 0.717) is 23.8 Å². The molecule has 262 valence electrons. The third-order valence-electron chi connectivity index (χ3n) is 6.16. The number of pyridine rings is 1. The Morgan fingerprint density at radius 1 is 0.917 bits per heavy atom. The molecule has 2 amide bonds. The van der Waals surface area contributed by atoms with Gasteiger partial charge in [0.1, 0.15) is 22.9 Å². The zero-order chi connectivity index (χ0) is 35.7. The first-order chi connectivity index (χ1) is 22.5. The summed E-state index contributed by atoms with van der Waals surface area (Å²) in [5.74, 6) is -1.17. The number of nitrogens with zero attached hydrogens (tertiary/aromatic N) is 4. The van der Waals surface area contributed by atoms with Crippen LogP contribution in [-0.2, 0) is 27.0 Å². The molecule has 11 nitrogen and oxygen atoms in total. The van der Waals surface area contributed by atoms with E-state index < -0.39 is 58.5 Å². The highest BCUT2D eigenvalue weighted by Crippen LogP contribution is 2.42. The first-order valence-electron chi connectivity index (χ1n) is 15.7. The fourth-order valence-corrected chi connectivity index (χ4v) is 4.23. The van der Waals surface area contributed by atoms with Gasteiger partial charge in [-0.15, -0.1) is 10.2 Å². The average Bonchev–Trinajstić information content (AvgIpc) is 3.47. The molecule has 0 N–H and O–H groups in total. The predicted octanol–water partition coefficient (Wildman–Crippen LogP) is 9.23. The lowest BCUT2D eigenvalue weighted by atomic mass is 10.1. The molecular weight excluding hydrogens is 633 g/mol. The molecule has 4 rings (SSSR count). The number of benzene rings is 1. The van der Waals surface area contributed by atoms with E-state index in [-0.39, 0.29) is 31.4 Å². The van der Waals surface area contributed by atoms with Gasteiger partial charge in [-0.3, -0.25) is 0 Å². The number of fused-ring (bicyclic) bond motifs is 5. The van der Waals surface area contributed by atoms with Gasteiger partial charge in [0.2, 0.25) is 11.8 Å². The van der Waals surface area contributed by atoms with E-state index in [4.69, 9.17) is 23.4 Å². The summed E-state index contributed by atoms with van der Waals surface area (Å²) >= 11 is 0. The summed E-state index contributed by atoms with van der Waals surface area (Å²) < 4.78 is 71.7. The van der Waals surface area contributed by atoms with Crippen molar-refractivity contribution < 1.29 is 46.1 Å². The first-order valence-corrected chi connectivity index (χ1v) is 15.7. The summed E-state index contributed by atoms with van der Waals surface area (Å²) in [6, 6.07) is 9.97. The molecule has 1 atom stereocenters. The Kier molecular flexibility index (Phi) is 12.7. The standard InChI is InChI=1S/C32H37F3N4O7.C2H6/c1-30(2,3)45-28(40)39(29(41)46-31(4,5)6)22-18-21(32(33,34)35)25-36-24(22)27-38-37-26(44-27)23(16-12-7-8-13-17-42-25)43-19-20-14-10-9-11-15-20;1-2/h7-11,14-15,18,23H,12-13,16-17,19H2,1-6H3;1-2H3/b8-7-;. The van der Waals surface area contributed by atoms with Crippen LogP contribution in [0.15, 0.2) is 53.0 Å². The zero-order valence-corrected chi connectivity index (χ0v) is 28.5. The number of hydrogen-bond acceptors (Lipinski definition) is 10. The highest BCUT2D eigenvalue weighted by Gasteiger charge is 2.42. The number of halogens is 3. The second-order valence-corrected chi connectivity index (χ2v) is 12.4. The van der Waals surface area contributed by atoms with Gasteiger partial charge in [-0.25, -0.2) is 14.6 Å². The Hall–Kier alpha value is -4.46. The minimum Gasteiger partial charge on any atom is -0.477 e. The molecule has 0 aliphatic carbocycles. The van der Waals surface area contributed by atoms with Gasteiger partial charge < -0.3 is 23.4 Å². The molecular formula is C34H43F3N4O7. The monoisotopic (exact) mass is 676 g/mol. The van der Waals surface area contributed by atoms with Crippen LogP contribution in [0, 0.1) is 0 Å². The van der Waals surface area contributed by atoms with Gasteiger partial charge in [-0.05, 0) is 72.4 Å². The largest absolute Gasteiger partial charge is 0.477 e. The van der Waals surface area contributed by atoms with Crippen LogP contribution in [0.3, 0.4) is 0 Å². The van der Waals surface area contributed by atoms with Crippen LogP contribution in [0.5, 0.6) is 5.88 Å². The number of rotatable bonds is 4. The number of amides is 2. The normalized spacial score (nSPS) is 15.9. The summed E-state index contributed by atoms with van der Waals surface area (Å²) in [6.07, 6.45) is -3.43. The SMILES string of the molecule is CC.CC(C)(C)OC(=O)N(C(=O)OC(C)(C)C)c1cc(C(F)(F)F)c2nc1-c1nnc(o1)C(OCc1ccccc1)CC/C=C\CCO2. The number of anilines is 1. The maximum Gasteiger partial charge on any atom is 0.424 e. The summed E-state index contributed by atoms with van der Waals surface area (Å²) in [4.78, 5) is 31.4. The van der Waals surface area contributed by atoms with Crippen LogP contribution < -0.4 is 9.64 Å². The van der Waals surface area contributed by atoms with Crippen molar-refractivity contribution in [1.29, 1.82) is 0 Å². The van der Waals surface area contributed by atoms with Gasteiger partial charge in [-0.2, -0.15) is 18.1 Å². The average molecular weight is 677 g/mol. The van der Waals surface area contributed by atoms with Crippen LogP contribution in [-0.4, -0.2) is 45.2 Å². The van der Waals surface area contributed by atoms with E-state index >= 15 is 0 Å². The highest BCUT2D eigenvalue weighted by molar-refractivity contribution is 6.11. The van der Waals surface area contributed by atoms with Gasteiger partial charge >= 0.3 is 18.4 Å². The third-order valence-corrected chi connectivity index (χ3v) is 6.16. The fraction of sp³-hybridized carbons (Fsp3) is 0.500. The van der Waals surface area contributed by atoms with Gasteiger partial charge in [0.25, 0.3) is 5.89 Å². The Balaban J connectivity index is 0.00000307. The smallest absolute Gasteiger partial charge is 0.424 e. The van der Waals surface area contributed by atoms with Gasteiger partial charge in [0.15, 0.2) is 5.69 Å². The lowest BCUT2D eigenvalue weighted by molar-refractivity contribution is -0.139. The summed E-state index contributed by atoms with van der Waals surface area (Å²) in [5, 5.41) is 8.16. The molecule has 3 aromatic rings. The molecule has 0 saturated carbocycles. The predicted molar refractivity (Wildman–Crippen MR) is 171 cm³/mol. The van der Waals surface area contributed by atoms with Crippen molar-refractivity contribution in [2.24, 2.45) is 0 Å². The Labute approximate surface area is 278 Å². The van der Waals surface area contributed by atoms with E-state index in [1.54, 1.807) is 6.08 Å². The maximum absolute atomic E-state index is 14.4. The number of carbonyl (C=O) groups excluding carboxylic acids is 2. The molecule has 0 radical (unpaired) electrons. The number of hydrogen-bond donors (Lipinski definition) is 0. The molecule has 0 spiro atoms. The lowest BCUT2D eigenvalue weighted by Gasteiger charge is -2.29. The molecule has 1 unspecified atom stereocenters. The Bertz CT molecular complexity index is 1520. The van der Waals surface area contributed by atoms with Crippen molar-refractivity contribution in [2.75, 3.05) is 11.5 Å². The van der Waals surface area contributed by atoms with Gasteiger partial charge in [0.05, 0.1) is 18.9 Å². The molecule has 0 fully saturated rings. The van der Waals surface area contributed by atoms with Crippen LogP contribution in [0.1, 0.15) is 97.8 Å². The van der Waals surface area contributed by atoms with Crippen molar-refractivity contribution in [3.05, 3.63) is 65.6 Å². The first kappa shape index (κ1) is 38.0. The van der Waals surface area contributed by atoms with Crippen molar-refractivity contribution in [3.63, 3.8) is 0 Å². The molecule has 1 aliphatic heterocycles. The number of allylic oxidation sites excluding steroid dienone is 1. The zero-order valence-electron chi connectivity index (χ0n) is 28.5. The molecule has 14 heteroatoms. The number of alkyl halides is 3. The molecule has 4 bridgehead atoms. The molecule has 3 heterocycles. The summed E-state index contributed by atoms with van der Waals surface area (Å²) in [7, 11) is 0. The third kappa shape index (κ3) is 10.8. The summed E-state index contributed by atoms with van der Waals surface area (Å²) in [6.45, 7) is 13.3. The van der Waals surface area contributed by atoms with E-state index in [2.05, 4.69) is 15.2 Å². The molecule has 1 aromatic carbocycles. The van der Waals surface area contributed by atoms with Crippen LogP contribution >= 0.6 is 0 Å². The van der Waals surface area contributed by atoms with Gasteiger partial charge in [0, 0.05) is 0 Å². The quantitative estimate of drug-likeness (QED) is 0.247. The van der Waals surface area contributed by atoms with E-state index in [9.17, 15) is 22.8 Å². The highest BCUT2D eigenvalue weighted by atomic mass is 19.4. The topological polar surface area (TPSA) is 126 Å². The maximum atomic E-state index is 14.4. The Morgan fingerprint density at radius 3 is 2.10 bits per heavy atom. The number of carbonyl (C=O) groups is 2. The van der Waals surface area contributed by atoms with Crippen molar-refractivity contribution >= 4 is 17.9 Å². The number of aromatic nitrogens is 3. The van der Waals surface area contributed by atoms with Crippen molar-refractivity contribution in [1.82, 2.24) is 15.2 Å². The minimum atomic E-state index is -5.00. The summed E-state index contributed by atoms with van der Waals surface area (Å²) in [5.41, 5.74) is -3.81. The second-order valence-electron chi connectivity index (χ2n) is 12.4. The fourth-order valence-electron chi connectivity index (χ4n) is 4.23. The minimum absolute atomic E-state index is 0.0209. The van der Waals surface area contributed by atoms with E-state index in [1.807, 2.05) is 50.3 Å². The van der Waals surface area contributed by atoms with Gasteiger partial charge in [-0.1, -0.05) is 56.3 Å². The van der Waals surface area contributed by atoms with Crippen LogP contribution in [0.4, 0.5) is 28.4 Å². The molecule has 1 aliphatic rings. The molecule has 0 saturated heterocycles. The van der Waals surface area contributed by atoms with Crippen molar-refractivity contribution in [2.45, 2.75) is 105 Å². The lowest BCUT2D eigenvalue weighted by Crippen LogP contribution is -2.44. The second kappa shape index (κ2) is 16.1. The van der Waals surface area contributed by atoms with E-state index in [0.717, 1.165) is 5.56 Å². The number of ether oxygens (including phenoxy) is 4. The Morgan fingerprint density at radius 2 is 1.52 bits per heavy atom. The van der Waals surface area contributed by atoms with E-state index in [1.165, 1.54) is 41.5 Å². The van der Waals surface area contributed by atoms with Crippen LogP contribution in [0.2, 0.25) is 0 Å². The number of imide groups is 1. The molecule has 2 aromatic heterocycles. The van der Waals surface area contributed by atoms with Crippen molar-refractivity contribution in [3.8, 4) is 17.5 Å². The van der Waals surface area contributed by atoms with Crippen LogP contribution in [0.25, 0.3) is 11.6 Å². The molecule has 48 heavy (non-hydrogen) atoms.